The van der Waals surface area contributed by atoms with Gasteiger partial charge in [0.25, 0.3) is 5.91 Å². The van der Waals surface area contributed by atoms with Gasteiger partial charge >= 0.3 is 0 Å². The number of aromatic amines is 1. The van der Waals surface area contributed by atoms with Crippen LogP contribution in [-0.2, 0) is 10.0 Å². The number of carbonyl (C=O) groups is 1. The van der Waals surface area contributed by atoms with Gasteiger partial charge in [0.2, 0.25) is 10.0 Å². The van der Waals surface area contributed by atoms with Crippen molar-refractivity contribution < 1.29 is 13.2 Å². The van der Waals surface area contributed by atoms with Gasteiger partial charge in [-0.1, -0.05) is 6.07 Å². The highest BCUT2D eigenvalue weighted by molar-refractivity contribution is 7.89. The number of nitrogens with two attached hydrogens (primary N) is 1. The van der Waals surface area contributed by atoms with Crippen molar-refractivity contribution in [2.75, 3.05) is 0 Å². The smallest absolute Gasteiger partial charge is 0.263 e. The van der Waals surface area contributed by atoms with E-state index in [0.29, 0.717) is 5.82 Å². The summed E-state index contributed by atoms with van der Waals surface area (Å²) >= 11 is 1.03. The molecule has 126 valence electrons. The normalized spacial score (nSPS) is 13.1. The van der Waals surface area contributed by atoms with Crippen LogP contribution in [0.25, 0.3) is 11.0 Å². The molecule has 0 bridgehead atoms. The summed E-state index contributed by atoms with van der Waals surface area (Å²) in [6, 6.07) is 6.74. The topological polar surface area (TPSA) is 118 Å². The second-order valence-electron chi connectivity index (χ2n) is 5.50. The maximum absolute atomic E-state index is 12.4. The number of amides is 1. The van der Waals surface area contributed by atoms with E-state index in [0.717, 1.165) is 27.9 Å². The molecule has 3 aromatic rings. The summed E-state index contributed by atoms with van der Waals surface area (Å²) in [6.07, 6.45) is 0. The van der Waals surface area contributed by atoms with Gasteiger partial charge in [-0.2, -0.15) is 0 Å². The van der Waals surface area contributed by atoms with Crippen LogP contribution >= 0.6 is 11.3 Å². The third-order valence-corrected chi connectivity index (χ3v) is 5.55. The molecular formula is C15H16N4O3S2. The molecule has 0 saturated heterocycles. The Morgan fingerprint density at radius 2 is 2.12 bits per heavy atom. The third kappa shape index (κ3) is 3.18. The lowest BCUT2D eigenvalue weighted by molar-refractivity contribution is 0.0939. The van der Waals surface area contributed by atoms with E-state index in [1.807, 2.05) is 25.1 Å². The molecule has 2 aromatic heterocycles. The molecule has 3 rings (SSSR count). The minimum atomic E-state index is -3.93. The number of thiophene rings is 1. The van der Waals surface area contributed by atoms with Gasteiger partial charge in [-0.05, 0) is 43.0 Å². The molecule has 0 unspecified atom stereocenters. The number of aromatic nitrogens is 2. The van der Waals surface area contributed by atoms with Crippen LogP contribution in [0, 0.1) is 6.92 Å². The van der Waals surface area contributed by atoms with Crippen LogP contribution in [0.4, 0.5) is 0 Å². The average Bonchev–Trinajstić information content (AvgIpc) is 3.12. The average molecular weight is 364 g/mol. The summed E-state index contributed by atoms with van der Waals surface area (Å²) in [7, 11) is -3.93. The highest BCUT2D eigenvalue weighted by Crippen LogP contribution is 2.22. The molecule has 0 fully saturated rings. The third-order valence-electron chi connectivity index (χ3n) is 3.56. The summed E-state index contributed by atoms with van der Waals surface area (Å²) in [6.45, 7) is 3.75. The van der Waals surface area contributed by atoms with Crippen LogP contribution in [0.15, 0.2) is 34.5 Å². The number of hydrogen-bond acceptors (Lipinski definition) is 5. The van der Waals surface area contributed by atoms with E-state index in [4.69, 9.17) is 5.14 Å². The van der Waals surface area contributed by atoms with Gasteiger partial charge in [0, 0.05) is 0 Å². The fraction of sp³-hybridized carbons (Fsp3) is 0.200. The molecule has 0 radical (unpaired) electrons. The Balaban J connectivity index is 1.85. The number of nitrogens with zero attached hydrogens (tertiary/aromatic N) is 1. The van der Waals surface area contributed by atoms with Crippen LogP contribution in [0.2, 0.25) is 0 Å². The number of aryl methyl sites for hydroxylation is 1. The number of benzene rings is 1. The Kier molecular flexibility index (Phi) is 4.16. The molecule has 0 spiro atoms. The van der Waals surface area contributed by atoms with Gasteiger partial charge in [0.15, 0.2) is 0 Å². The Morgan fingerprint density at radius 3 is 2.83 bits per heavy atom. The zero-order chi connectivity index (χ0) is 17.5. The first-order chi connectivity index (χ1) is 11.3. The summed E-state index contributed by atoms with van der Waals surface area (Å²) in [5, 5.41) is 9.39. The van der Waals surface area contributed by atoms with E-state index in [2.05, 4.69) is 15.3 Å². The number of H-pyrrole nitrogens is 1. The van der Waals surface area contributed by atoms with Crippen LogP contribution in [0.3, 0.4) is 0 Å². The number of sulfonamides is 1. The lowest BCUT2D eigenvalue weighted by Gasteiger charge is -2.11. The second kappa shape index (κ2) is 6.00. The highest BCUT2D eigenvalue weighted by atomic mass is 32.2. The Labute approximate surface area is 143 Å². The molecule has 24 heavy (non-hydrogen) atoms. The maximum Gasteiger partial charge on any atom is 0.263 e. The fourth-order valence-electron chi connectivity index (χ4n) is 2.37. The lowest BCUT2D eigenvalue weighted by atomic mass is 10.2. The quantitative estimate of drug-likeness (QED) is 0.657. The van der Waals surface area contributed by atoms with Crippen molar-refractivity contribution in [3.8, 4) is 0 Å². The predicted molar refractivity (Wildman–Crippen MR) is 92.4 cm³/mol. The first kappa shape index (κ1) is 16.6. The van der Waals surface area contributed by atoms with Crippen molar-refractivity contribution in [1.82, 2.24) is 15.3 Å². The van der Waals surface area contributed by atoms with Gasteiger partial charge in [0.1, 0.15) is 15.6 Å². The molecule has 1 aromatic carbocycles. The van der Waals surface area contributed by atoms with Crippen molar-refractivity contribution >= 4 is 38.3 Å². The van der Waals surface area contributed by atoms with E-state index < -0.39 is 22.0 Å². The molecule has 7 nitrogen and oxygen atoms in total. The summed E-state index contributed by atoms with van der Waals surface area (Å²) in [5.41, 5.74) is 2.79. The monoisotopic (exact) mass is 364 g/mol. The molecule has 0 saturated carbocycles. The number of nitrogens with one attached hydrogen (secondary N) is 2. The zero-order valence-electron chi connectivity index (χ0n) is 13.0. The highest BCUT2D eigenvalue weighted by Gasteiger charge is 2.23. The van der Waals surface area contributed by atoms with E-state index in [-0.39, 0.29) is 9.77 Å². The van der Waals surface area contributed by atoms with Crippen LogP contribution in [0.1, 0.15) is 34.0 Å². The molecule has 0 aliphatic carbocycles. The Bertz CT molecular complexity index is 1020. The Hall–Kier alpha value is -2.23. The number of imidazole rings is 1. The number of rotatable bonds is 4. The van der Waals surface area contributed by atoms with Gasteiger partial charge in [-0.3, -0.25) is 4.79 Å². The van der Waals surface area contributed by atoms with Crippen molar-refractivity contribution in [3.05, 3.63) is 45.9 Å². The number of hydrogen-bond donors (Lipinski definition) is 3. The van der Waals surface area contributed by atoms with Crippen LogP contribution in [-0.4, -0.2) is 24.3 Å². The number of primary sulfonamides is 1. The first-order valence-corrected chi connectivity index (χ1v) is 9.56. The molecule has 1 atom stereocenters. The molecule has 1 amide bonds. The lowest BCUT2D eigenvalue weighted by Crippen LogP contribution is -2.28. The maximum atomic E-state index is 12.4. The fourth-order valence-corrected chi connectivity index (χ4v) is 4.24. The number of carbonyl (C=O) groups excluding carboxylic acids is 1. The standard InChI is InChI=1S/C15H16N4O3S2/c1-8-3-4-10-11(7-8)19-14(18-10)9(2)17-15(20)13-12(5-6-23-13)24(16,21)22/h3-7,9H,1-2H3,(H,17,20)(H,18,19)(H2,16,21,22)/t9-/m0/s1. The van der Waals surface area contributed by atoms with E-state index in [9.17, 15) is 13.2 Å². The van der Waals surface area contributed by atoms with Crippen molar-refractivity contribution in [3.63, 3.8) is 0 Å². The molecule has 4 N–H and O–H groups in total. The summed E-state index contributed by atoms with van der Waals surface area (Å²) in [4.78, 5) is 19.9. The summed E-state index contributed by atoms with van der Waals surface area (Å²) in [5.74, 6) is 0.0934. The molecule has 2 heterocycles. The minimum Gasteiger partial charge on any atom is -0.342 e. The largest absolute Gasteiger partial charge is 0.342 e. The van der Waals surface area contributed by atoms with Gasteiger partial charge in [-0.15, -0.1) is 11.3 Å². The van der Waals surface area contributed by atoms with Crippen LogP contribution in [0.5, 0.6) is 0 Å². The predicted octanol–water partition coefficient (Wildman–Crippen LogP) is 2.07. The molecule has 0 aliphatic rings. The number of fused-ring (bicyclic) bond motifs is 1. The minimum absolute atomic E-state index is 0.0660. The van der Waals surface area contributed by atoms with Crippen molar-refractivity contribution in [2.24, 2.45) is 5.14 Å². The van der Waals surface area contributed by atoms with Crippen molar-refractivity contribution in [1.29, 1.82) is 0 Å². The van der Waals surface area contributed by atoms with E-state index in [1.54, 1.807) is 6.92 Å². The van der Waals surface area contributed by atoms with Crippen LogP contribution < -0.4 is 10.5 Å². The van der Waals surface area contributed by atoms with Gasteiger partial charge in [0.05, 0.1) is 17.1 Å². The second-order valence-corrected chi connectivity index (χ2v) is 7.94. The van der Waals surface area contributed by atoms with Gasteiger partial charge in [-0.25, -0.2) is 18.5 Å². The Morgan fingerprint density at radius 1 is 1.38 bits per heavy atom. The van der Waals surface area contributed by atoms with Gasteiger partial charge < -0.3 is 10.3 Å². The van der Waals surface area contributed by atoms with Crippen molar-refractivity contribution in [2.45, 2.75) is 24.8 Å². The SMILES string of the molecule is Cc1ccc2nc([C@H](C)NC(=O)c3sccc3S(N)(=O)=O)[nH]c2c1. The first-order valence-electron chi connectivity index (χ1n) is 7.13. The summed E-state index contributed by atoms with van der Waals surface area (Å²) < 4.78 is 23.0. The molecule has 9 heteroatoms. The molecule has 0 aliphatic heterocycles. The van der Waals surface area contributed by atoms with E-state index in [1.165, 1.54) is 11.4 Å². The van der Waals surface area contributed by atoms with E-state index >= 15 is 0 Å². The zero-order valence-corrected chi connectivity index (χ0v) is 14.7. The molecular weight excluding hydrogens is 348 g/mol.